The fourth-order valence-corrected chi connectivity index (χ4v) is 3.00. The summed E-state index contributed by atoms with van der Waals surface area (Å²) >= 11 is 5.46. The summed E-state index contributed by atoms with van der Waals surface area (Å²) in [5.41, 5.74) is 2.23. The van der Waals surface area contributed by atoms with Crippen LogP contribution < -0.4 is 4.72 Å². The minimum Gasteiger partial charge on any atom is -0.282 e. The molecule has 0 atom stereocenters. The quantitative estimate of drug-likeness (QED) is 0.738. The standard InChI is InChI=1S/C16H13ClN2O2S/c17-11-22(20,21)19-16-4-2-1-3-15(16)13-5-6-14-10-18-8-7-12(14)9-13/h1-10,19H,11H2. The molecule has 3 aromatic rings. The second kappa shape index (κ2) is 5.94. The molecule has 1 aromatic heterocycles. The van der Waals surface area contributed by atoms with Crippen molar-refractivity contribution >= 4 is 38.1 Å². The first kappa shape index (κ1) is 14.8. The van der Waals surface area contributed by atoms with Gasteiger partial charge in [-0.2, -0.15) is 0 Å². The summed E-state index contributed by atoms with van der Waals surface area (Å²) in [6.45, 7) is 0. The van der Waals surface area contributed by atoms with E-state index in [0.29, 0.717) is 5.69 Å². The van der Waals surface area contributed by atoms with Crippen molar-refractivity contribution in [2.45, 2.75) is 0 Å². The van der Waals surface area contributed by atoms with E-state index >= 15 is 0 Å². The van der Waals surface area contributed by atoms with Crippen LogP contribution in [0.4, 0.5) is 5.69 Å². The van der Waals surface area contributed by atoms with Crippen molar-refractivity contribution in [1.29, 1.82) is 0 Å². The molecule has 1 N–H and O–H groups in total. The van der Waals surface area contributed by atoms with Crippen LogP contribution in [0.1, 0.15) is 0 Å². The fourth-order valence-electron chi connectivity index (χ4n) is 2.27. The van der Waals surface area contributed by atoms with Crippen molar-refractivity contribution < 1.29 is 8.42 Å². The predicted molar refractivity (Wildman–Crippen MR) is 90.4 cm³/mol. The third-order valence-corrected chi connectivity index (χ3v) is 4.97. The highest BCUT2D eigenvalue weighted by Crippen LogP contribution is 2.30. The van der Waals surface area contributed by atoms with Gasteiger partial charge in [-0.25, -0.2) is 8.42 Å². The van der Waals surface area contributed by atoms with E-state index in [-0.39, 0.29) is 0 Å². The van der Waals surface area contributed by atoms with Crippen LogP contribution in [0.2, 0.25) is 0 Å². The molecule has 1 heterocycles. The summed E-state index contributed by atoms with van der Waals surface area (Å²) in [7, 11) is -3.54. The van der Waals surface area contributed by atoms with Gasteiger partial charge >= 0.3 is 0 Å². The molecule has 0 aliphatic heterocycles. The minimum atomic E-state index is -3.54. The number of fused-ring (bicyclic) bond motifs is 1. The molecule has 0 radical (unpaired) electrons. The van der Waals surface area contributed by atoms with Crippen LogP contribution in [0, 0.1) is 0 Å². The number of sulfonamides is 1. The molecule has 112 valence electrons. The predicted octanol–water partition coefficient (Wildman–Crippen LogP) is 3.84. The Morgan fingerprint density at radius 2 is 1.86 bits per heavy atom. The summed E-state index contributed by atoms with van der Waals surface area (Å²) < 4.78 is 25.9. The zero-order chi connectivity index (χ0) is 15.6. The van der Waals surface area contributed by atoms with E-state index in [1.165, 1.54) is 0 Å². The van der Waals surface area contributed by atoms with Crippen LogP contribution in [0.5, 0.6) is 0 Å². The first-order valence-electron chi connectivity index (χ1n) is 6.59. The molecule has 4 nitrogen and oxygen atoms in total. The molecular formula is C16H13ClN2O2S. The third-order valence-electron chi connectivity index (χ3n) is 3.29. The van der Waals surface area contributed by atoms with Gasteiger partial charge in [-0.05, 0) is 29.1 Å². The molecule has 0 amide bonds. The first-order valence-corrected chi connectivity index (χ1v) is 8.77. The van der Waals surface area contributed by atoms with Gasteiger partial charge in [-0.3, -0.25) is 9.71 Å². The lowest BCUT2D eigenvalue weighted by molar-refractivity contribution is 0.605. The van der Waals surface area contributed by atoms with Gasteiger partial charge in [-0.1, -0.05) is 30.3 Å². The monoisotopic (exact) mass is 332 g/mol. The normalized spacial score (nSPS) is 11.5. The highest BCUT2D eigenvalue weighted by Gasteiger charge is 2.12. The molecule has 0 aliphatic carbocycles. The molecule has 0 saturated carbocycles. The number of hydrogen-bond acceptors (Lipinski definition) is 3. The Morgan fingerprint density at radius 1 is 1.05 bits per heavy atom. The van der Waals surface area contributed by atoms with E-state index in [2.05, 4.69) is 9.71 Å². The zero-order valence-corrected chi connectivity index (χ0v) is 13.1. The summed E-state index contributed by atoms with van der Waals surface area (Å²) in [6.07, 6.45) is 3.52. The first-order chi connectivity index (χ1) is 10.6. The summed E-state index contributed by atoms with van der Waals surface area (Å²) in [5, 5.41) is 1.60. The van der Waals surface area contributed by atoms with Crippen molar-refractivity contribution in [3.8, 4) is 11.1 Å². The Labute approximate surface area is 133 Å². The number of nitrogens with one attached hydrogen (secondary N) is 1. The number of alkyl halides is 1. The van der Waals surface area contributed by atoms with E-state index in [0.717, 1.165) is 21.9 Å². The Morgan fingerprint density at radius 3 is 2.68 bits per heavy atom. The third kappa shape index (κ3) is 3.05. The number of pyridine rings is 1. The van der Waals surface area contributed by atoms with Crippen LogP contribution in [0.15, 0.2) is 60.9 Å². The maximum Gasteiger partial charge on any atom is 0.246 e. The largest absolute Gasteiger partial charge is 0.282 e. The average molecular weight is 333 g/mol. The van der Waals surface area contributed by atoms with Crippen molar-refractivity contribution in [2.24, 2.45) is 0 Å². The maximum atomic E-state index is 11.7. The number of aromatic nitrogens is 1. The van der Waals surface area contributed by atoms with Crippen molar-refractivity contribution in [2.75, 3.05) is 9.93 Å². The number of halogens is 1. The van der Waals surface area contributed by atoms with Crippen LogP contribution in [-0.2, 0) is 10.0 Å². The van der Waals surface area contributed by atoms with Gasteiger partial charge in [0, 0.05) is 23.3 Å². The highest BCUT2D eigenvalue weighted by atomic mass is 35.5. The molecule has 6 heteroatoms. The Kier molecular flexibility index (Phi) is 4.00. The van der Waals surface area contributed by atoms with Crippen molar-refractivity contribution in [3.63, 3.8) is 0 Å². The second-order valence-electron chi connectivity index (χ2n) is 4.81. The topological polar surface area (TPSA) is 59.1 Å². The van der Waals surface area contributed by atoms with Crippen LogP contribution >= 0.6 is 11.6 Å². The van der Waals surface area contributed by atoms with Crippen molar-refractivity contribution in [1.82, 2.24) is 4.98 Å². The molecule has 22 heavy (non-hydrogen) atoms. The van der Waals surface area contributed by atoms with E-state index in [9.17, 15) is 8.42 Å². The van der Waals surface area contributed by atoms with Gasteiger partial charge in [-0.15, -0.1) is 11.6 Å². The van der Waals surface area contributed by atoms with Gasteiger partial charge in [0.15, 0.2) is 0 Å². The summed E-state index contributed by atoms with van der Waals surface area (Å²) in [5.74, 6) is 0. The Hall–Kier alpha value is -2.11. The molecule has 2 aromatic carbocycles. The van der Waals surface area contributed by atoms with Gasteiger partial charge in [0.05, 0.1) is 5.69 Å². The molecule has 0 aliphatic rings. The lowest BCUT2D eigenvalue weighted by Gasteiger charge is -2.12. The number of nitrogens with zero attached hydrogens (tertiary/aromatic N) is 1. The number of para-hydroxylation sites is 1. The van der Waals surface area contributed by atoms with Gasteiger partial charge in [0.1, 0.15) is 5.21 Å². The smallest absolute Gasteiger partial charge is 0.246 e. The Balaban J connectivity index is 2.10. The second-order valence-corrected chi connectivity index (χ2v) is 7.12. The summed E-state index contributed by atoms with van der Waals surface area (Å²) in [6, 6.07) is 15.1. The molecule has 0 spiro atoms. The minimum absolute atomic E-state index is 0.481. The number of rotatable bonds is 4. The molecular weight excluding hydrogens is 320 g/mol. The van der Waals surface area contributed by atoms with E-state index < -0.39 is 15.2 Å². The Bertz CT molecular complexity index is 926. The number of anilines is 1. The van der Waals surface area contributed by atoms with Crippen LogP contribution in [0.25, 0.3) is 21.9 Å². The highest BCUT2D eigenvalue weighted by molar-refractivity contribution is 7.93. The molecule has 3 rings (SSSR count). The lowest BCUT2D eigenvalue weighted by atomic mass is 10.0. The van der Waals surface area contributed by atoms with Gasteiger partial charge < -0.3 is 0 Å². The van der Waals surface area contributed by atoms with E-state index in [1.54, 1.807) is 24.5 Å². The van der Waals surface area contributed by atoms with E-state index in [4.69, 9.17) is 11.6 Å². The van der Waals surface area contributed by atoms with E-state index in [1.807, 2.05) is 36.4 Å². The van der Waals surface area contributed by atoms with Crippen LogP contribution in [0.3, 0.4) is 0 Å². The van der Waals surface area contributed by atoms with Crippen molar-refractivity contribution in [3.05, 3.63) is 60.9 Å². The number of benzene rings is 2. The number of hydrogen-bond donors (Lipinski definition) is 1. The SMILES string of the molecule is O=S(=O)(CCl)Nc1ccccc1-c1ccc2cnccc2c1. The lowest BCUT2D eigenvalue weighted by Crippen LogP contribution is -2.14. The maximum absolute atomic E-state index is 11.7. The van der Waals surface area contributed by atoms with Crippen LogP contribution in [-0.4, -0.2) is 18.6 Å². The molecule has 0 bridgehead atoms. The van der Waals surface area contributed by atoms with Gasteiger partial charge in [0.2, 0.25) is 10.0 Å². The fraction of sp³-hybridized carbons (Fsp3) is 0.0625. The average Bonchev–Trinajstić information content (AvgIpc) is 2.54. The molecule has 0 saturated heterocycles. The zero-order valence-electron chi connectivity index (χ0n) is 11.5. The summed E-state index contributed by atoms with van der Waals surface area (Å²) in [4.78, 5) is 4.09. The van der Waals surface area contributed by atoms with Gasteiger partial charge in [0.25, 0.3) is 0 Å². The molecule has 0 fully saturated rings. The molecule has 0 unspecified atom stereocenters.